The molecule has 0 spiro atoms. The summed E-state index contributed by atoms with van der Waals surface area (Å²) in [6.07, 6.45) is 0. The zero-order chi connectivity index (χ0) is 14.6. The van der Waals surface area contributed by atoms with Gasteiger partial charge in [0.2, 0.25) is 10.0 Å². The number of ether oxygens (including phenoxy) is 1. The molecule has 0 amide bonds. The molecule has 0 heterocycles. The van der Waals surface area contributed by atoms with Crippen LogP contribution >= 0.6 is 0 Å². The van der Waals surface area contributed by atoms with Crippen molar-refractivity contribution in [3.05, 3.63) is 29.8 Å². The first-order chi connectivity index (χ1) is 8.77. The van der Waals surface area contributed by atoms with Crippen LogP contribution in [0, 0.1) is 0 Å². The second kappa shape index (κ2) is 5.94. The first-order valence-corrected chi connectivity index (χ1v) is 6.97. The van der Waals surface area contributed by atoms with Crippen LogP contribution in [0.5, 0.6) is 0 Å². The third kappa shape index (κ3) is 3.87. The average Bonchev–Trinajstić information content (AvgIpc) is 2.37. The molecule has 19 heavy (non-hydrogen) atoms. The highest BCUT2D eigenvalue weighted by Crippen LogP contribution is 2.11. The maximum absolute atomic E-state index is 11.9. The molecule has 0 fully saturated rings. The summed E-state index contributed by atoms with van der Waals surface area (Å²) < 4.78 is 30.5. The second-order valence-corrected chi connectivity index (χ2v) is 5.66. The topological polar surface area (TPSA) is 89.5 Å². The summed E-state index contributed by atoms with van der Waals surface area (Å²) in [5.41, 5.74) is 0.417. The van der Waals surface area contributed by atoms with E-state index in [1.807, 2.05) is 0 Å². The smallest absolute Gasteiger partial charge is 0.323 e. The molecule has 0 radical (unpaired) electrons. The van der Waals surface area contributed by atoms with Crippen molar-refractivity contribution in [1.29, 1.82) is 0 Å². The van der Waals surface area contributed by atoms with E-state index < -0.39 is 22.0 Å². The van der Waals surface area contributed by atoms with Gasteiger partial charge in [-0.2, -0.15) is 4.72 Å². The molecule has 1 N–H and O–H groups in total. The zero-order valence-electron chi connectivity index (χ0n) is 10.8. The molecule has 0 aliphatic heterocycles. The molecular weight excluding hydrogens is 270 g/mol. The highest BCUT2D eigenvalue weighted by Gasteiger charge is 2.22. The number of carbonyl (C=O) groups is 2. The summed E-state index contributed by atoms with van der Waals surface area (Å²) in [4.78, 5) is 22.2. The van der Waals surface area contributed by atoms with E-state index in [9.17, 15) is 18.0 Å². The Balaban J connectivity index is 2.94. The number of ketones is 1. The van der Waals surface area contributed by atoms with E-state index in [1.165, 1.54) is 45.2 Å². The predicted molar refractivity (Wildman–Crippen MR) is 68.2 cm³/mol. The number of benzene rings is 1. The van der Waals surface area contributed by atoms with Gasteiger partial charge in [0.1, 0.15) is 6.04 Å². The zero-order valence-corrected chi connectivity index (χ0v) is 11.7. The number of sulfonamides is 1. The van der Waals surface area contributed by atoms with Crippen molar-refractivity contribution in [3.63, 3.8) is 0 Å². The van der Waals surface area contributed by atoms with Crippen LogP contribution in [0.25, 0.3) is 0 Å². The van der Waals surface area contributed by atoms with Crippen molar-refractivity contribution < 1.29 is 22.7 Å². The van der Waals surface area contributed by atoms with Crippen LogP contribution < -0.4 is 4.72 Å². The summed E-state index contributed by atoms with van der Waals surface area (Å²) in [5.74, 6) is -0.830. The van der Waals surface area contributed by atoms with E-state index >= 15 is 0 Å². The number of hydrogen-bond donors (Lipinski definition) is 1. The number of Topliss-reactive ketones (excluding diaryl/α,β-unsaturated/α-hetero) is 1. The fourth-order valence-electron chi connectivity index (χ4n) is 1.39. The van der Waals surface area contributed by atoms with E-state index in [0.717, 1.165) is 0 Å². The van der Waals surface area contributed by atoms with E-state index in [4.69, 9.17) is 0 Å². The van der Waals surface area contributed by atoms with Crippen molar-refractivity contribution in [2.75, 3.05) is 7.11 Å². The molecule has 0 aliphatic rings. The lowest BCUT2D eigenvalue weighted by Crippen LogP contribution is -2.39. The maximum Gasteiger partial charge on any atom is 0.323 e. The van der Waals surface area contributed by atoms with E-state index in [2.05, 4.69) is 9.46 Å². The minimum Gasteiger partial charge on any atom is -0.468 e. The van der Waals surface area contributed by atoms with E-state index in [1.54, 1.807) is 0 Å². The third-order valence-electron chi connectivity index (χ3n) is 2.46. The van der Waals surface area contributed by atoms with Crippen LogP contribution in [-0.2, 0) is 19.6 Å². The summed E-state index contributed by atoms with van der Waals surface area (Å²) in [7, 11) is -2.64. The van der Waals surface area contributed by atoms with Gasteiger partial charge in [-0.3, -0.25) is 9.59 Å². The Morgan fingerprint density at radius 3 is 2.16 bits per heavy atom. The van der Waals surface area contributed by atoms with Crippen molar-refractivity contribution in [3.8, 4) is 0 Å². The number of carbonyl (C=O) groups excluding carboxylic acids is 2. The first kappa shape index (κ1) is 15.3. The maximum atomic E-state index is 11.9. The molecule has 1 aromatic rings. The Bertz CT molecular complexity index is 577. The second-order valence-electron chi connectivity index (χ2n) is 3.95. The van der Waals surface area contributed by atoms with Crippen LogP contribution in [-0.4, -0.2) is 33.3 Å². The molecule has 0 aliphatic carbocycles. The minimum atomic E-state index is -3.82. The van der Waals surface area contributed by atoms with Crippen LogP contribution in [0.3, 0.4) is 0 Å². The summed E-state index contributed by atoms with van der Waals surface area (Å²) in [5, 5.41) is 0. The van der Waals surface area contributed by atoms with Gasteiger partial charge >= 0.3 is 5.97 Å². The quantitative estimate of drug-likeness (QED) is 0.636. The number of nitrogens with one attached hydrogen (secondary N) is 1. The minimum absolute atomic E-state index is 0.0201. The molecule has 104 valence electrons. The SMILES string of the molecule is COC(=O)[C@H](C)NS(=O)(=O)c1ccc(C(C)=O)cc1. The number of esters is 1. The molecule has 0 saturated carbocycles. The van der Waals surface area contributed by atoms with E-state index in [0.29, 0.717) is 5.56 Å². The number of methoxy groups -OCH3 is 1. The standard InChI is InChI=1S/C12H15NO5S/c1-8(12(15)18-3)13-19(16,17)11-6-4-10(5-7-11)9(2)14/h4-8,13H,1-3H3/t8-/m0/s1. The molecule has 0 aromatic heterocycles. The Morgan fingerprint density at radius 2 is 1.74 bits per heavy atom. The van der Waals surface area contributed by atoms with E-state index in [-0.39, 0.29) is 10.7 Å². The predicted octanol–water partition coefficient (Wildman–Crippen LogP) is 0.729. The molecule has 0 unspecified atom stereocenters. The lowest BCUT2D eigenvalue weighted by molar-refractivity contribution is -0.142. The molecule has 1 aromatic carbocycles. The molecule has 6 nitrogen and oxygen atoms in total. The van der Waals surface area contributed by atoms with Crippen molar-refractivity contribution in [2.24, 2.45) is 0 Å². The monoisotopic (exact) mass is 285 g/mol. The van der Waals surface area contributed by atoms with Crippen LogP contribution in [0.4, 0.5) is 0 Å². The van der Waals surface area contributed by atoms with Crippen LogP contribution in [0.2, 0.25) is 0 Å². The highest BCUT2D eigenvalue weighted by molar-refractivity contribution is 7.89. The lowest BCUT2D eigenvalue weighted by Gasteiger charge is -2.12. The fraction of sp³-hybridized carbons (Fsp3) is 0.333. The average molecular weight is 285 g/mol. The van der Waals surface area contributed by atoms with Crippen LogP contribution in [0.15, 0.2) is 29.2 Å². The molecule has 1 atom stereocenters. The number of hydrogen-bond acceptors (Lipinski definition) is 5. The fourth-order valence-corrected chi connectivity index (χ4v) is 2.59. The van der Waals surface area contributed by atoms with Crippen molar-refractivity contribution in [1.82, 2.24) is 4.72 Å². The summed E-state index contributed by atoms with van der Waals surface area (Å²) in [6, 6.07) is 4.47. The van der Waals surface area contributed by atoms with Gasteiger partial charge in [0.15, 0.2) is 5.78 Å². The van der Waals surface area contributed by atoms with Gasteiger partial charge in [0.25, 0.3) is 0 Å². The molecule has 0 saturated heterocycles. The van der Waals surface area contributed by atoms with Crippen LogP contribution in [0.1, 0.15) is 24.2 Å². The molecular formula is C12H15NO5S. The Hall–Kier alpha value is -1.73. The van der Waals surface area contributed by atoms with Crippen molar-refractivity contribution in [2.45, 2.75) is 24.8 Å². The van der Waals surface area contributed by atoms with Gasteiger partial charge < -0.3 is 4.74 Å². The van der Waals surface area contributed by atoms with Gasteiger partial charge in [-0.05, 0) is 26.0 Å². The van der Waals surface area contributed by atoms with Gasteiger partial charge in [-0.25, -0.2) is 8.42 Å². The molecule has 7 heteroatoms. The first-order valence-electron chi connectivity index (χ1n) is 5.49. The van der Waals surface area contributed by atoms with Gasteiger partial charge in [-0.15, -0.1) is 0 Å². The summed E-state index contributed by atoms with van der Waals surface area (Å²) in [6.45, 7) is 2.77. The molecule has 0 bridgehead atoms. The summed E-state index contributed by atoms with van der Waals surface area (Å²) >= 11 is 0. The normalized spacial score (nSPS) is 12.8. The lowest BCUT2D eigenvalue weighted by atomic mass is 10.2. The Labute approximate surface area is 111 Å². The third-order valence-corrected chi connectivity index (χ3v) is 4.01. The highest BCUT2D eigenvalue weighted by atomic mass is 32.2. The van der Waals surface area contributed by atoms with Gasteiger partial charge in [-0.1, -0.05) is 12.1 Å². The van der Waals surface area contributed by atoms with Crippen molar-refractivity contribution >= 4 is 21.8 Å². The van der Waals surface area contributed by atoms with Gasteiger partial charge in [0, 0.05) is 5.56 Å². The Morgan fingerprint density at radius 1 is 1.21 bits per heavy atom. The largest absolute Gasteiger partial charge is 0.468 e. The number of rotatable bonds is 5. The Kier molecular flexibility index (Phi) is 4.79. The van der Waals surface area contributed by atoms with Gasteiger partial charge in [0.05, 0.1) is 12.0 Å². The molecule has 1 rings (SSSR count).